The van der Waals surface area contributed by atoms with Crippen molar-refractivity contribution in [1.82, 2.24) is 5.32 Å². The van der Waals surface area contributed by atoms with Crippen LogP contribution in [0.25, 0.3) is 0 Å². The molecule has 7 heteroatoms. The zero-order valence-corrected chi connectivity index (χ0v) is 10.9. The lowest BCUT2D eigenvalue weighted by Crippen LogP contribution is -2.39. The number of amides is 2. The molecule has 2 amide bonds. The topological polar surface area (TPSA) is 95.5 Å². The Morgan fingerprint density at radius 2 is 2.21 bits per heavy atom. The fourth-order valence-electron chi connectivity index (χ4n) is 1.80. The second-order valence-electron chi connectivity index (χ2n) is 4.09. The van der Waals surface area contributed by atoms with Crippen molar-refractivity contribution in [2.75, 3.05) is 11.1 Å². The predicted octanol–water partition coefficient (Wildman–Crippen LogP) is 1.46. The summed E-state index contributed by atoms with van der Waals surface area (Å²) in [7, 11) is 0. The number of nitrogens with one attached hydrogen (secondary N) is 2. The summed E-state index contributed by atoms with van der Waals surface area (Å²) >= 11 is 1.03. The number of carbonyl (C=O) groups is 3. The van der Waals surface area contributed by atoms with Gasteiger partial charge in [0.15, 0.2) is 0 Å². The molecule has 2 rings (SSSR count). The molecular weight excluding hydrogens is 268 g/mol. The highest BCUT2D eigenvalue weighted by atomic mass is 32.2. The minimum absolute atomic E-state index is 0.0628. The second kappa shape index (κ2) is 5.31. The van der Waals surface area contributed by atoms with Crippen molar-refractivity contribution in [2.45, 2.75) is 13.0 Å². The minimum Gasteiger partial charge on any atom is -0.478 e. The molecule has 1 aromatic carbocycles. The standard InChI is InChI=1S/C12H12N2O4S/c1-6-3-2-4-7(9(6)11(16)17)13-10(15)8-5-19-12(18)14-8/h2-4,8H,5H2,1H3,(H,13,15)(H,14,18)(H,16,17). The van der Waals surface area contributed by atoms with Crippen molar-refractivity contribution in [2.24, 2.45) is 0 Å². The lowest BCUT2D eigenvalue weighted by Gasteiger charge is -2.13. The Kier molecular flexibility index (Phi) is 3.75. The molecule has 1 aromatic rings. The monoisotopic (exact) mass is 280 g/mol. The highest BCUT2D eigenvalue weighted by molar-refractivity contribution is 8.14. The Morgan fingerprint density at radius 3 is 2.79 bits per heavy atom. The first-order chi connectivity index (χ1) is 8.99. The first kappa shape index (κ1) is 13.4. The molecule has 0 radical (unpaired) electrons. The van der Waals surface area contributed by atoms with Gasteiger partial charge in [-0.25, -0.2) is 4.79 Å². The highest BCUT2D eigenvalue weighted by Gasteiger charge is 2.28. The van der Waals surface area contributed by atoms with E-state index in [1.807, 2.05) is 0 Å². The van der Waals surface area contributed by atoms with Crippen molar-refractivity contribution >= 4 is 34.6 Å². The molecule has 1 aliphatic heterocycles. The van der Waals surface area contributed by atoms with Crippen LogP contribution >= 0.6 is 11.8 Å². The molecule has 19 heavy (non-hydrogen) atoms. The Morgan fingerprint density at radius 1 is 1.47 bits per heavy atom. The van der Waals surface area contributed by atoms with E-state index >= 15 is 0 Å². The van der Waals surface area contributed by atoms with E-state index < -0.39 is 17.9 Å². The zero-order chi connectivity index (χ0) is 14.0. The molecule has 0 aromatic heterocycles. The number of anilines is 1. The molecule has 0 aliphatic carbocycles. The fraction of sp³-hybridized carbons (Fsp3) is 0.250. The maximum Gasteiger partial charge on any atom is 0.338 e. The Labute approximate surface area is 113 Å². The first-order valence-electron chi connectivity index (χ1n) is 5.56. The van der Waals surface area contributed by atoms with E-state index in [-0.39, 0.29) is 16.5 Å². The van der Waals surface area contributed by atoms with E-state index in [2.05, 4.69) is 10.6 Å². The van der Waals surface area contributed by atoms with Crippen molar-refractivity contribution in [1.29, 1.82) is 0 Å². The van der Waals surface area contributed by atoms with Gasteiger partial charge in [0, 0.05) is 5.75 Å². The maximum absolute atomic E-state index is 11.9. The molecule has 1 saturated heterocycles. The lowest BCUT2D eigenvalue weighted by molar-refractivity contribution is -0.117. The number of carboxylic acids is 1. The summed E-state index contributed by atoms with van der Waals surface area (Å²) in [5.41, 5.74) is 0.867. The Bertz CT molecular complexity index is 559. The second-order valence-corrected chi connectivity index (χ2v) is 5.08. The van der Waals surface area contributed by atoms with Crippen LogP contribution in [0.4, 0.5) is 10.5 Å². The average Bonchev–Trinajstić information content (AvgIpc) is 2.75. The number of hydrogen-bond acceptors (Lipinski definition) is 4. The van der Waals surface area contributed by atoms with Crippen LogP contribution in [0.15, 0.2) is 18.2 Å². The normalized spacial score (nSPS) is 17.9. The highest BCUT2D eigenvalue weighted by Crippen LogP contribution is 2.21. The Hall–Kier alpha value is -2.02. The molecule has 3 N–H and O–H groups in total. The van der Waals surface area contributed by atoms with Gasteiger partial charge in [0.25, 0.3) is 5.24 Å². The summed E-state index contributed by atoms with van der Waals surface area (Å²) in [5, 5.41) is 13.9. The van der Waals surface area contributed by atoms with Crippen LogP contribution in [0, 0.1) is 6.92 Å². The third-order valence-corrected chi connectivity index (χ3v) is 3.61. The number of aromatic carboxylic acids is 1. The van der Waals surface area contributed by atoms with Crippen molar-refractivity contribution < 1.29 is 19.5 Å². The summed E-state index contributed by atoms with van der Waals surface area (Å²) in [4.78, 5) is 34.1. The van der Waals surface area contributed by atoms with Gasteiger partial charge < -0.3 is 15.7 Å². The minimum atomic E-state index is -1.10. The summed E-state index contributed by atoms with van der Waals surface area (Å²) in [6.07, 6.45) is 0. The zero-order valence-electron chi connectivity index (χ0n) is 10.1. The van der Waals surface area contributed by atoms with Gasteiger partial charge in [-0.3, -0.25) is 9.59 Å². The van der Waals surface area contributed by atoms with Gasteiger partial charge in [0.1, 0.15) is 6.04 Å². The Balaban J connectivity index is 2.19. The van der Waals surface area contributed by atoms with E-state index in [9.17, 15) is 14.4 Å². The number of thioether (sulfide) groups is 1. The molecule has 0 bridgehead atoms. The van der Waals surface area contributed by atoms with Crippen molar-refractivity contribution in [3.63, 3.8) is 0 Å². The fourth-order valence-corrected chi connectivity index (χ4v) is 2.58. The van der Waals surface area contributed by atoms with Gasteiger partial charge >= 0.3 is 5.97 Å². The molecule has 1 atom stereocenters. The number of carbonyl (C=O) groups excluding carboxylic acids is 2. The van der Waals surface area contributed by atoms with Gasteiger partial charge in [-0.05, 0) is 18.6 Å². The molecule has 100 valence electrons. The van der Waals surface area contributed by atoms with Gasteiger partial charge in [0.05, 0.1) is 11.3 Å². The van der Waals surface area contributed by atoms with E-state index in [0.29, 0.717) is 11.3 Å². The molecule has 1 aliphatic rings. The lowest BCUT2D eigenvalue weighted by atomic mass is 10.1. The average molecular weight is 280 g/mol. The van der Waals surface area contributed by atoms with Gasteiger partial charge in [-0.2, -0.15) is 0 Å². The summed E-state index contributed by atoms with van der Waals surface area (Å²) in [6, 6.07) is 4.23. The number of benzene rings is 1. The smallest absolute Gasteiger partial charge is 0.338 e. The van der Waals surface area contributed by atoms with Gasteiger partial charge in [-0.15, -0.1) is 0 Å². The maximum atomic E-state index is 11.9. The molecule has 1 fully saturated rings. The van der Waals surface area contributed by atoms with Crippen LogP contribution in [-0.2, 0) is 4.79 Å². The third kappa shape index (κ3) is 2.87. The summed E-state index contributed by atoms with van der Waals surface area (Å²) in [6.45, 7) is 1.66. The largest absolute Gasteiger partial charge is 0.478 e. The quantitative estimate of drug-likeness (QED) is 0.779. The molecular formula is C12H12N2O4S. The van der Waals surface area contributed by atoms with Crippen LogP contribution in [0.5, 0.6) is 0 Å². The van der Waals surface area contributed by atoms with Crippen molar-refractivity contribution in [3.8, 4) is 0 Å². The van der Waals surface area contributed by atoms with E-state index in [1.165, 1.54) is 6.07 Å². The molecule has 0 saturated carbocycles. The van der Waals surface area contributed by atoms with E-state index in [0.717, 1.165) is 11.8 Å². The SMILES string of the molecule is Cc1cccc(NC(=O)C2CSC(=O)N2)c1C(=O)O. The van der Waals surface area contributed by atoms with Gasteiger partial charge in [-0.1, -0.05) is 23.9 Å². The van der Waals surface area contributed by atoms with Gasteiger partial charge in [0.2, 0.25) is 5.91 Å². The summed E-state index contributed by atoms with van der Waals surface area (Å²) in [5.74, 6) is -1.16. The van der Waals surface area contributed by atoms with Crippen LogP contribution in [0.1, 0.15) is 15.9 Å². The predicted molar refractivity (Wildman–Crippen MR) is 71.5 cm³/mol. The number of rotatable bonds is 3. The van der Waals surface area contributed by atoms with Crippen molar-refractivity contribution in [3.05, 3.63) is 29.3 Å². The van der Waals surface area contributed by atoms with Crippen LogP contribution in [0.2, 0.25) is 0 Å². The molecule has 1 heterocycles. The molecule has 1 unspecified atom stereocenters. The number of aryl methyl sites for hydroxylation is 1. The van der Waals surface area contributed by atoms with Crippen LogP contribution in [-0.4, -0.2) is 34.0 Å². The third-order valence-electron chi connectivity index (χ3n) is 2.73. The summed E-state index contributed by atoms with van der Waals surface area (Å²) < 4.78 is 0. The van der Waals surface area contributed by atoms with E-state index in [1.54, 1.807) is 19.1 Å². The van der Waals surface area contributed by atoms with Crippen LogP contribution < -0.4 is 10.6 Å². The number of hydrogen-bond donors (Lipinski definition) is 3. The van der Waals surface area contributed by atoms with Crippen LogP contribution in [0.3, 0.4) is 0 Å². The molecule has 6 nitrogen and oxygen atoms in total. The number of carboxylic acid groups (broad SMARTS) is 1. The first-order valence-corrected chi connectivity index (χ1v) is 6.54. The van der Waals surface area contributed by atoms with E-state index in [4.69, 9.17) is 5.11 Å². The molecule has 0 spiro atoms.